The Labute approximate surface area is 341 Å². The first-order valence-corrected chi connectivity index (χ1v) is 24.3. The van der Waals surface area contributed by atoms with Crippen LogP contribution in [0.2, 0.25) is 0 Å². The minimum absolute atomic E-state index is 0.227. The average Bonchev–Trinajstić information content (AvgIpc) is 3.16. The summed E-state index contributed by atoms with van der Waals surface area (Å²) in [4.78, 5) is 13.0. The largest absolute Gasteiger partial charge is 0.397 e. The third-order valence-corrected chi connectivity index (χ3v) is 11.6. The highest BCUT2D eigenvalue weighted by Crippen LogP contribution is 2.26. The summed E-state index contributed by atoms with van der Waals surface area (Å²) >= 11 is 0. The van der Waals surface area contributed by atoms with Gasteiger partial charge >= 0.3 is 10.4 Å². The van der Waals surface area contributed by atoms with Gasteiger partial charge in [0.1, 0.15) is 24.4 Å². The van der Waals surface area contributed by atoms with E-state index in [9.17, 15) is 33.6 Å². The van der Waals surface area contributed by atoms with Gasteiger partial charge < -0.3 is 35.2 Å². The summed E-state index contributed by atoms with van der Waals surface area (Å²) in [5, 5.41) is 44.8. The van der Waals surface area contributed by atoms with Gasteiger partial charge in [-0.05, 0) is 12.8 Å². The van der Waals surface area contributed by atoms with E-state index in [-0.39, 0.29) is 12.5 Å². The highest BCUT2D eigenvalue weighted by Gasteiger charge is 2.48. The fourth-order valence-electron chi connectivity index (χ4n) is 7.58. The second-order valence-electron chi connectivity index (χ2n) is 16.4. The van der Waals surface area contributed by atoms with Crippen molar-refractivity contribution in [3.8, 4) is 0 Å². The molecule has 56 heavy (non-hydrogen) atoms. The number of nitrogens with one attached hydrogen (secondary N) is 1. The van der Waals surface area contributed by atoms with Gasteiger partial charge in [0.2, 0.25) is 5.91 Å². The Morgan fingerprint density at radius 2 is 1.04 bits per heavy atom. The van der Waals surface area contributed by atoms with Crippen molar-refractivity contribution in [3.63, 3.8) is 0 Å². The lowest BCUT2D eigenvalue weighted by Crippen LogP contribution is -2.61. The van der Waals surface area contributed by atoms with E-state index in [2.05, 4.69) is 23.3 Å². The summed E-state index contributed by atoms with van der Waals surface area (Å²) in [6.45, 7) is 3.45. The molecule has 0 bridgehead atoms. The summed E-state index contributed by atoms with van der Waals surface area (Å²) in [5.41, 5.74) is 0. The zero-order valence-corrected chi connectivity index (χ0v) is 36.3. The maximum atomic E-state index is 13.0. The summed E-state index contributed by atoms with van der Waals surface area (Å²) in [6, 6.07) is -0.850. The number of amides is 1. The van der Waals surface area contributed by atoms with E-state index in [1.165, 1.54) is 135 Å². The van der Waals surface area contributed by atoms with Crippen molar-refractivity contribution in [2.45, 2.75) is 256 Å². The topological polar surface area (TPSA) is 192 Å². The Kier molecular flexibility index (Phi) is 33.1. The Morgan fingerprint density at radius 3 is 1.43 bits per heavy atom. The molecule has 0 aromatic carbocycles. The number of carbonyl (C=O) groups is 1. The Hall–Kier alpha value is -0.900. The first kappa shape index (κ1) is 53.1. The van der Waals surface area contributed by atoms with E-state index in [1.807, 2.05) is 0 Å². The summed E-state index contributed by atoms with van der Waals surface area (Å²) in [6.07, 6.45) is 26.7. The number of aliphatic hydroxyl groups is 4. The lowest BCUT2D eigenvalue weighted by atomic mass is 9.99. The van der Waals surface area contributed by atoms with Gasteiger partial charge in [0.25, 0.3) is 0 Å². The molecule has 0 saturated carbocycles. The molecule has 7 unspecified atom stereocenters. The molecule has 6 N–H and O–H groups in total. The molecule has 1 heterocycles. The minimum atomic E-state index is -5.07. The third kappa shape index (κ3) is 27.7. The van der Waals surface area contributed by atoms with Crippen molar-refractivity contribution in [2.75, 3.05) is 13.2 Å². The van der Waals surface area contributed by atoms with Gasteiger partial charge in [-0.25, -0.2) is 4.18 Å². The predicted octanol–water partition coefficient (Wildman–Crippen LogP) is 8.61. The van der Waals surface area contributed by atoms with E-state index >= 15 is 0 Å². The number of hydrogen-bond acceptors (Lipinski definition) is 10. The lowest BCUT2D eigenvalue weighted by molar-refractivity contribution is -0.298. The molecule has 1 aliphatic rings. The van der Waals surface area contributed by atoms with Crippen molar-refractivity contribution >= 4 is 16.3 Å². The second-order valence-corrected chi connectivity index (χ2v) is 17.4. The van der Waals surface area contributed by atoms with Crippen LogP contribution in [-0.2, 0) is 28.9 Å². The van der Waals surface area contributed by atoms with Crippen LogP contribution in [0.3, 0.4) is 0 Å². The summed E-state index contributed by atoms with van der Waals surface area (Å²) < 4.78 is 47.6. The predicted molar refractivity (Wildman–Crippen MR) is 223 cm³/mol. The molecule has 1 aliphatic heterocycles. The standard InChI is InChI=1S/C43H85NO11S/c1-3-5-7-9-11-13-15-17-18-19-20-21-23-25-27-29-31-33-39(47)44-36(37(46)32-30-28-26-24-22-16-14-12-10-8-6-4-2)35-53-43-41(49)42(55-56(50,51)52)40(48)38(34-45)54-43/h36-38,40-43,45-46,48-49H,3-35H2,1-2H3,(H,44,47)(H,50,51,52). The van der Waals surface area contributed by atoms with E-state index in [4.69, 9.17) is 14.0 Å². The van der Waals surface area contributed by atoms with Crippen LogP contribution in [0.15, 0.2) is 0 Å². The van der Waals surface area contributed by atoms with Crippen LogP contribution in [-0.4, -0.2) is 95.4 Å². The molecular formula is C43H85NO11S. The van der Waals surface area contributed by atoms with Crippen molar-refractivity contribution in [1.82, 2.24) is 5.32 Å². The monoisotopic (exact) mass is 824 g/mol. The molecule has 334 valence electrons. The molecule has 0 aromatic heterocycles. The highest BCUT2D eigenvalue weighted by molar-refractivity contribution is 7.80. The van der Waals surface area contributed by atoms with E-state index in [0.29, 0.717) is 12.8 Å². The second kappa shape index (κ2) is 34.9. The van der Waals surface area contributed by atoms with Gasteiger partial charge in [-0.3, -0.25) is 9.35 Å². The van der Waals surface area contributed by atoms with Crippen LogP contribution in [0.5, 0.6) is 0 Å². The third-order valence-electron chi connectivity index (χ3n) is 11.2. The SMILES string of the molecule is CCCCCCCCCCCCCCCCCCCC(=O)NC(COC1OC(CO)C(O)C(OS(=O)(=O)O)C1O)C(O)CCCCCCCCCCCCCC. The normalized spacial score (nSPS) is 21.3. The molecule has 12 nitrogen and oxygen atoms in total. The van der Waals surface area contributed by atoms with E-state index < -0.39 is 59.9 Å². The molecule has 0 radical (unpaired) electrons. The summed E-state index contributed by atoms with van der Waals surface area (Å²) in [7, 11) is -5.07. The average molecular weight is 824 g/mol. The zero-order valence-electron chi connectivity index (χ0n) is 35.5. The number of unbranched alkanes of at least 4 members (excludes halogenated alkanes) is 27. The molecule has 0 aliphatic carbocycles. The fourth-order valence-corrected chi connectivity index (χ4v) is 8.09. The minimum Gasteiger partial charge on any atom is -0.394 e. The van der Waals surface area contributed by atoms with Crippen LogP contribution in [0.1, 0.15) is 213 Å². The quantitative estimate of drug-likeness (QED) is 0.0257. The number of aliphatic hydroxyl groups excluding tert-OH is 4. The Balaban J connectivity index is 2.48. The first-order chi connectivity index (χ1) is 27.0. The molecule has 13 heteroatoms. The number of ether oxygens (including phenoxy) is 2. The fraction of sp³-hybridized carbons (Fsp3) is 0.977. The lowest BCUT2D eigenvalue weighted by Gasteiger charge is -2.41. The Bertz CT molecular complexity index is 1020. The zero-order chi connectivity index (χ0) is 41.3. The van der Waals surface area contributed by atoms with Crippen LogP contribution in [0.25, 0.3) is 0 Å². The molecule has 0 aromatic rings. The first-order valence-electron chi connectivity index (χ1n) is 22.9. The highest BCUT2D eigenvalue weighted by atomic mass is 32.3. The van der Waals surface area contributed by atoms with Crippen LogP contribution in [0, 0.1) is 0 Å². The maximum absolute atomic E-state index is 13.0. The van der Waals surface area contributed by atoms with E-state index in [1.54, 1.807) is 0 Å². The smallest absolute Gasteiger partial charge is 0.394 e. The van der Waals surface area contributed by atoms with Crippen LogP contribution >= 0.6 is 0 Å². The van der Waals surface area contributed by atoms with Crippen molar-refractivity contribution in [1.29, 1.82) is 0 Å². The number of hydrogen-bond donors (Lipinski definition) is 6. The molecule has 1 amide bonds. The van der Waals surface area contributed by atoms with Crippen LogP contribution in [0.4, 0.5) is 0 Å². The Morgan fingerprint density at radius 1 is 0.643 bits per heavy atom. The maximum Gasteiger partial charge on any atom is 0.397 e. The van der Waals surface area contributed by atoms with Crippen molar-refractivity contribution in [2.24, 2.45) is 0 Å². The van der Waals surface area contributed by atoms with Crippen LogP contribution < -0.4 is 5.32 Å². The number of rotatable bonds is 39. The van der Waals surface area contributed by atoms with Crippen molar-refractivity contribution in [3.05, 3.63) is 0 Å². The van der Waals surface area contributed by atoms with Gasteiger partial charge in [-0.1, -0.05) is 194 Å². The van der Waals surface area contributed by atoms with Gasteiger partial charge in [0, 0.05) is 6.42 Å². The molecular weight excluding hydrogens is 739 g/mol. The van der Waals surface area contributed by atoms with E-state index in [0.717, 1.165) is 51.4 Å². The van der Waals surface area contributed by atoms with Gasteiger partial charge in [-0.15, -0.1) is 0 Å². The molecule has 1 saturated heterocycles. The summed E-state index contributed by atoms with van der Waals surface area (Å²) in [5.74, 6) is -0.227. The number of carbonyl (C=O) groups excluding carboxylic acids is 1. The molecule has 7 atom stereocenters. The van der Waals surface area contributed by atoms with Gasteiger partial charge in [0.15, 0.2) is 6.29 Å². The van der Waals surface area contributed by atoms with Gasteiger partial charge in [0.05, 0.1) is 25.4 Å². The molecule has 0 spiro atoms. The molecule has 1 fully saturated rings. The van der Waals surface area contributed by atoms with Crippen molar-refractivity contribution < 1.29 is 51.8 Å². The van der Waals surface area contributed by atoms with Gasteiger partial charge in [-0.2, -0.15) is 8.42 Å². The molecule has 1 rings (SSSR count).